The van der Waals surface area contributed by atoms with Gasteiger partial charge in [0.15, 0.2) is 0 Å². The number of halogens is 3. The average Bonchev–Trinajstić information content (AvgIpc) is 3.15. The van der Waals surface area contributed by atoms with Crippen LogP contribution in [0.25, 0.3) is 0 Å². The molecule has 4 nitrogen and oxygen atoms in total. The first-order chi connectivity index (χ1) is 10.5. The number of aromatic nitrogens is 2. The molecule has 3 rings (SSSR count). The normalized spacial score (nSPS) is 18.6. The molecule has 2 N–H and O–H groups in total. The second kappa shape index (κ2) is 6.00. The third kappa shape index (κ3) is 3.41. The summed E-state index contributed by atoms with van der Waals surface area (Å²) in [6, 6.07) is 6.77. The molecule has 1 aromatic heterocycles. The molecule has 0 spiro atoms. The first-order valence-corrected chi connectivity index (χ1v) is 7.07. The third-order valence-electron chi connectivity index (χ3n) is 3.69. The number of hydrogen-bond acceptors (Lipinski definition) is 3. The van der Waals surface area contributed by atoms with Crippen LogP contribution in [0.5, 0.6) is 5.75 Å². The molecular formula is C15H16F3N3O. The van der Waals surface area contributed by atoms with Crippen LogP contribution in [0.2, 0.25) is 0 Å². The van der Waals surface area contributed by atoms with Gasteiger partial charge in [-0.2, -0.15) is 18.3 Å². The molecule has 1 aromatic carbocycles. The van der Waals surface area contributed by atoms with Gasteiger partial charge < -0.3 is 10.1 Å². The first kappa shape index (κ1) is 14.9. The molecule has 22 heavy (non-hydrogen) atoms. The summed E-state index contributed by atoms with van der Waals surface area (Å²) >= 11 is 0. The summed E-state index contributed by atoms with van der Waals surface area (Å²) in [7, 11) is 0. The number of nitrogens with zero attached hydrogens (tertiary/aromatic N) is 1. The summed E-state index contributed by atoms with van der Waals surface area (Å²) in [5.74, 6) is 0.576. The zero-order valence-corrected chi connectivity index (χ0v) is 11.8. The first-order valence-electron chi connectivity index (χ1n) is 7.07. The van der Waals surface area contributed by atoms with Crippen LogP contribution in [0.4, 0.5) is 13.2 Å². The van der Waals surface area contributed by atoms with E-state index in [0.29, 0.717) is 5.92 Å². The van der Waals surface area contributed by atoms with Gasteiger partial charge in [0.1, 0.15) is 12.4 Å². The minimum absolute atomic E-state index is 0.161. The van der Waals surface area contributed by atoms with E-state index in [9.17, 15) is 13.2 Å². The van der Waals surface area contributed by atoms with E-state index in [1.54, 1.807) is 0 Å². The van der Waals surface area contributed by atoms with Crippen molar-refractivity contribution in [3.63, 3.8) is 0 Å². The summed E-state index contributed by atoms with van der Waals surface area (Å²) in [6.45, 7) is 2.04. The Labute approximate surface area is 125 Å². The Morgan fingerprint density at radius 2 is 2.14 bits per heavy atom. The molecule has 2 aromatic rings. The highest BCUT2D eigenvalue weighted by Gasteiger charge is 2.30. The SMILES string of the molecule is FC(F)(F)c1cccc(OCc2cc(C3CCNC3)n[nH]2)c1. The Balaban J connectivity index is 1.63. The highest BCUT2D eigenvalue weighted by Crippen LogP contribution is 2.31. The second-order valence-electron chi connectivity index (χ2n) is 5.32. The molecular weight excluding hydrogens is 295 g/mol. The Morgan fingerprint density at radius 3 is 2.86 bits per heavy atom. The summed E-state index contributed by atoms with van der Waals surface area (Å²) in [5.41, 5.74) is 0.999. The topological polar surface area (TPSA) is 49.9 Å². The molecule has 0 bridgehead atoms. The van der Waals surface area contributed by atoms with Crippen molar-refractivity contribution in [1.29, 1.82) is 0 Å². The van der Waals surface area contributed by atoms with Gasteiger partial charge in [-0.05, 0) is 37.2 Å². The number of nitrogens with one attached hydrogen (secondary N) is 2. The molecule has 1 unspecified atom stereocenters. The average molecular weight is 311 g/mol. The van der Waals surface area contributed by atoms with Crippen molar-refractivity contribution in [2.75, 3.05) is 13.1 Å². The predicted molar refractivity (Wildman–Crippen MR) is 74.6 cm³/mol. The van der Waals surface area contributed by atoms with E-state index in [0.717, 1.165) is 43.0 Å². The van der Waals surface area contributed by atoms with Gasteiger partial charge in [-0.25, -0.2) is 0 Å². The maximum absolute atomic E-state index is 12.6. The molecule has 1 aliphatic rings. The monoisotopic (exact) mass is 311 g/mol. The van der Waals surface area contributed by atoms with Crippen LogP contribution in [0.1, 0.15) is 29.3 Å². The maximum Gasteiger partial charge on any atom is 0.416 e. The van der Waals surface area contributed by atoms with Gasteiger partial charge in [0.05, 0.1) is 17.0 Å². The lowest BCUT2D eigenvalue weighted by Crippen LogP contribution is -2.08. The fourth-order valence-corrected chi connectivity index (χ4v) is 2.49. The summed E-state index contributed by atoms with van der Waals surface area (Å²) in [4.78, 5) is 0. The second-order valence-corrected chi connectivity index (χ2v) is 5.32. The van der Waals surface area contributed by atoms with Crippen LogP contribution < -0.4 is 10.1 Å². The molecule has 1 aliphatic heterocycles. The molecule has 1 atom stereocenters. The minimum Gasteiger partial charge on any atom is -0.487 e. The minimum atomic E-state index is -4.37. The lowest BCUT2D eigenvalue weighted by atomic mass is 10.1. The van der Waals surface area contributed by atoms with E-state index in [1.165, 1.54) is 12.1 Å². The zero-order valence-electron chi connectivity index (χ0n) is 11.8. The number of benzene rings is 1. The van der Waals surface area contributed by atoms with Gasteiger partial charge in [-0.3, -0.25) is 5.10 Å². The molecule has 7 heteroatoms. The largest absolute Gasteiger partial charge is 0.487 e. The van der Waals surface area contributed by atoms with Gasteiger partial charge >= 0.3 is 6.18 Å². The van der Waals surface area contributed by atoms with Crippen LogP contribution in [-0.2, 0) is 12.8 Å². The van der Waals surface area contributed by atoms with E-state index >= 15 is 0 Å². The number of aromatic amines is 1. The Bertz CT molecular complexity index is 633. The van der Waals surface area contributed by atoms with Crippen LogP contribution in [0.3, 0.4) is 0 Å². The maximum atomic E-state index is 12.6. The molecule has 0 radical (unpaired) electrons. The highest BCUT2D eigenvalue weighted by molar-refractivity contribution is 5.30. The molecule has 0 amide bonds. The predicted octanol–water partition coefficient (Wildman–Crippen LogP) is 3.08. The van der Waals surface area contributed by atoms with Crippen LogP contribution in [0.15, 0.2) is 30.3 Å². The van der Waals surface area contributed by atoms with E-state index in [1.807, 2.05) is 6.07 Å². The van der Waals surface area contributed by atoms with E-state index in [4.69, 9.17) is 4.74 Å². The van der Waals surface area contributed by atoms with Gasteiger partial charge in [0.25, 0.3) is 0 Å². The zero-order chi connectivity index (χ0) is 15.6. The Morgan fingerprint density at radius 1 is 1.27 bits per heavy atom. The van der Waals surface area contributed by atoms with Crippen LogP contribution in [0, 0.1) is 0 Å². The van der Waals surface area contributed by atoms with Gasteiger partial charge in [0, 0.05) is 12.5 Å². The van der Waals surface area contributed by atoms with Crippen molar-refractivity contribution in [3.8, 4) is 5.75 Å². The summed E-state index contributed by atoms with van der Waals surface area (Å²) < 4.78 is 43.3. The third-order valence-corrected chi connectivity index (χ3v) is 3.69. The lowest BCUT2D eigenvalue weighted by Gasteiger charge is -2.09. The van der Waals surface area contributed by atoms with Gasteiger partial charge in [-0.15, -0.1) is 0 Å². The fourth-order valence-electron chi connectivity index (χ4n) is 2.49. The summed E-state index contributed by atoms with van der Waals surface area (Å²) in [5, 5.41) is 10.4. The van der Waals surface area contributed by atoms with Crippen molar-refractivity contribution in [2.24, 2.45) is 0 Å². The van der Waals surface area contributed by atoms with E-state index in [2.05, 4.69) is 15.5 Å². The quantitative estimate of drug-likeness (QED) is 0.912. The molecule has 118 valence electrons. The number of alkyl halides is 3. The fraction of sp³-hybridized carbons (Fsp3) is 0.400. The van der Waals surface area contributed by atoms with Gasteiger partial charge in [-0.1, -0.05) is 6.07 Å². The number of hydrogen-bond donors (Lipinski definition) is 2. The number of rotatable bonds is 4. The highest BCUT2D eigenvalue weighted by atomic mass is 19.4. The van der Waals surface area contributed by atoms with E-state index in [-0.39, 0.29) is 12.4 Å². The molecule has 2 heterocycles. The molecule has 1 fully saturated rings. The molecule has 0 saturated carbocycles. The Hall–Kier alpha value is -2.02. The van der Waals surface area contributed by atoms with Gasteiger partial charge in [0.2, 0.25) is 0 Å². The number of ether oxygens (including phenoxy) is 1. The Kier molecular flexibility index (Phi) is 4.06. The standard InChI is InChI=1S/C15H16F3N3O/c16-15(17,18)11-2-1-3-13(6-11)22-9-12-7-14(21-20-12)10-4-5-19-8-10/h1-3,6-7,10,19H,4-5,8-9H2,(H,20,21). The molecule has 1 saturated heterocycles. The van der Waals surface area contributed by atoms with Crippen molar-refractivity contribution >= 4 is 0 Å². The smallest absolute Gasteiger partial charge is 0.416 e. The van der Waals surface area contributed by atoms with Crippen molar-refractivity contribution in [3.05, 3.63) is 47.3 Å². The summed E-state index contributed by atoms with van der Waals surface area (Å²) in [6.07, 6.45) is -3.32. The molecule has 0 aliphatic carbocycles. The van der Waals surface area contributed by atoms with Crippen LogP contribution in [-0.4, -0.2) is 23.3 Å². The van der Waals surface area contributed by atoms with Crippen molar-refractivity contribution in [2.45, 2.75) is 25.1 Å². The van der Waals surface area contributed by atoms with E-state index < -0.39 is 11.7 Å². The van der Waals surface area contributed by atoms with Crippen molar-refractivity contribution < 1.29 is 17.9 Å². The van der Waals surface area contributed by atoms with Crippen LogP contribution >= 0.6 is 0 Å². The van der Waals surface area contributed by atoms with Crippen molar-refractivity contribution in [1.82, 2.24) is 15.5 Å². The lowest BCUT2D eigenvalue weighted by molar-refractivity contribution is -0.137. The number of H-pyrrole nitrogens is 1.